The molecule has 2 aliphatic rings. The quantitative estimate of drug-likeness (QED) is 0.367. The number of amides is 1. The number of aliphatic carboxylic acids is 1. The summed E-state index contributed by atoms with van der Waals surface area (Å²) in [6.45, 7) is 1.95. The van der Waals surface area contributed by atoms with Gasteiger partial charge >= 0.3 is 12.1 Å². The third-order valence-corrected chi connectivity index (χ3v) is 9.08. The molecule has 1 aromatic carbocycles. The Hall–Kier alpha value is -3.27. The van der Waals surface area contributed by atoms with E-state index in [4.69, 9.17) is 4.74 Å². The number of benzene rings is 1. The lowest BCUT2D eigenvalue weighted by Gasteiger charge is -2.32. The molecular formula is C25H23F3N3O7S2-. The summed E-state index contributed by atoms with van der Waals surface area (Å²) in [7, 11) is 0. The lowest BCUT2D eigenvalue weighted by molar-refractivity contribution is -0.155. The number of aromatic nitrogens is 1. The summed E-state index contributed by atoms with van der Waals surface area (Å²) >= 11 is -2.25. The molecule has 214 valence electrons. The Morgan fingerprint density at radius 2 is 1.95 bits per heavy atom. The fourth-order valence-electron chi connectivity index (χ4n) is 4.98. The number of morpholine rings is 1. The summed E-state index contributed by atoms with van der Waals surface area (Å²) in [5.74, 6) is -3.44. The van der Waals surface area contributed by atoms with Crippen molar-refractivity contribution in [2.75, 3.05) is 30.6 Å². The van der Waals surface area contributed by atoms with Crippen LogP contribution in [0.4, 0.5) is 18.2 Å². The van der Waals surface area contributed by atoms with E-state index in [2.05, 4.69) is 9.68 Å². The molecule has 40 heavy (non-hydrogen) atoms. The topological polar surface area (TPSA) is 136 Å². The average Bonchev–Trinajstić information content (AvgIpc) is 3.24. The first-order chi connectivity index (χ1) is 19.0. The highest BCUT2D eigenvalue weighted by atomic mass is 32.2. The van der Waals surface area contributed by atoms with Crippen molar-refractivity contribution in [1.82, 2.24) is 10.1 Å². The van der Waals surface area contributed by atoms with Gasteiger partial charge in [0.2, 0.25) is 11.7 Å². The van der Waals surface area contributed by atoms with Crippen LogP contribution in [0.5, 0.6) is 0 Å². The third kappa shape index (κ3) is 5.38. The van der Waals surface area contributed by atoms with Crippen molar-refractivity contribution in [2.45, 2.75) is 36.9 Å². The highest BCUT2D eigenvalue weighted by molar-refractivity contribution is 7.81. The number of carboxylic acids is 1. The second kappa shape index (κ2) is 11.0. The second-order valence-electron chi connectivity index (χ2n) is 9.40. The maximum absolute atomic E-state index is 12.9. The van der Waals surface area contributed by atoms with Crippen LogP contribution in [-0.2, 0) is 38.2 Å². The number of rotatable bonds is 9. The number of hydrogen-bond acceptors (Lipinski definition) is 8. The van der Waals surface area contributed by atoms with Crippen LogP contribution < -0.4 is 4.31 Å². The van der Waals surface area contributed by atoms with Crippen LogP contribution in [0, 0.1) is 0 Å². The summed E-state index contributed by atoms with van der Waals surface area (Å²) in [6, 6.07) is 10.4. The van der Waals surface area contributed by atoms with E-state index < -0.39 is 40.6 Å². The van der Waals surface area contributed by atoms with Gasteiger partial charge in [-0.1, -0.05) is 29.4 Å². The highest BCUT2D eigenvalue weighted by Gasteiger charge is 2.66. The van der Waals surface area contributed by atoms with Crippen LogP contribution >= 0.6 is 11.3 Å². The molecule has 1 amide bonds. The summed E-state index contributed by atoms with van der Waals surface area (Å²) in [4.78, 5) is 27.2. The van der Waals surface area contributed by atoms with Crippen LogP contribution in [0.15, 0.2) is 47.0 Å². The zero-order valence-corrected chi connectivity index (χ0v) is 22.4. The number of halogens is 3. The molecule has 1 N–H and O–H groups in total. The van der Waals surface area contributed by atoms with E-state index in [0.29, 0.717) is 44.4 Å². The van der Waals surface area contributed by atoms with Crippen molar-refractivity contribution in [3.8, 4) is 10.6 Å². The van der Waals surface area contributed by atoms with E-state index in [9.17, 15) is 36.6 Å². The number of ether oxygens (including phenoxy) is 1. The van der Waals surface area contributed by atoms with E-state index in [1.165, 1.54) is 12.1 Å². The molecule has 1 aliphatic carbocycles. The Bertz CT molecular complexity index is 1440. The van der Waals surface area contributed by atoms with Crippen molar-refractivity contribution in [3.05, 3.63) is 59.4 Å². The molecule has 2 fully saturated rings. The van der Waals surface area contributed by atoms with E-state index in [1.54, 1.807) is 29.2 Å². The van der Waals surface area contributed by atoms with Crippen LogP contribution in [-0.4, -0.2) is 67.6 Å². The largest absolute Gasteiger partial charge is 0.755 e. The maximum Gasteiger partial charge on any atom is 0.452 e. The van der Waals surface area contributed by atoms with Crippen molar-refractivity contribution >= 4 is 39.5 Å². The monoisotopic (exact) mass is 598 g/mol. The zero-order chi connectivity index (χ0) is 28.7. The molecule has 1 saturated heterocycles. The molecule has 10 nitrogen and oxygen atoms in total. The maximum atomic E-state index is 12.9. The minimum atomic E-state index is -4.75. The van der Waals surface area contributed by atoms with Gasteiger partial charge in [-0.2, -0.15) is 13.2 Å². The average molecular weight is 599 g/mol. The van der Waals surface area contributed by atoms with Gasteiger partial charge in [-0.05, 0) is 36.1 Å². The fraction of sp³-hybridized carbons (Fsp3) is 0.400. The Kier molecular flexibility index (Phi) is 7.74. The molecule has 1 aliphatic heterocycles. The number of aryl methyl sites for hydroxylation is 1. The minimum absolute atomic E-state index is 0.00442. The van der Waals surface area contributed by atoms with E-state index >= 15 is 0 Å². The molecule has 15 heteroatoms. The summed E-state index contributed by atoms with van der Waals surface area (Å²) < 4.78 is 74.1. The number of thiophene rings is 1. The molecule has 1 saturated carbocycles. The van der Waals surface area contributed by atoms with Crippen molar-refractivity contribution in [2.24, 2.45) is 0 Å². The van der Waals surface area contributed by atoms with Crippen LogP contribution in [0.25, 0.3) is 10.6 Å². The van der Waals surface area contributed by atoms with Gasteiger partial charge in [-0.25, -0.2) is 4.79 Å². The Balaban J connectivity index is 1.40. The molecular weight excluding hydrogens is 575 g/mol. The number of carboxylic acid groups (broad SMARTS) is 1. The number of nitrogens with zero attached hydrogens (tertiary/aromatic N) is 3. The first-order valence-electron chi connectivity index (χ1n) is 12.2. The number of hydrogen-bond donors (Lipinski definition) is 1. The van der Waals surface area contributed by atoms with Gasteiger partial charge in [-0.15, -0.1) is 11.3 Å². The molecule has 5 rings (SSSR count). The smallest absolute Gasteiger partial charge is 0.452 e. The molecule has 3 heterocycles. The van der Waals surface area contributed by atoms with Crippen LogP contribution in [0.1, 0.15) is 35.6 Å². The van der Waals surface area contributed by atoms with E-state index in [-0.39, 0.29) is 34.3 Å². The predicted octanol–water partition coefficient (Wildman–Crippen LogP) is 3.82. The van der Waals surface area contributed by atoms with Gasteiger partial charge in [0.1, 0.15) is 10.7 Å². The van der Waals surface area contributed by atoms with Crippen LogP contribution in [0.3, 0.4) is 0 Å². The van der Waals surface area contributed by atoms with Gasteiger partial charge in [0.05, 0.1) is 18.1 Å². The first-order valence-corrected chi connectivity index (χ1v) is 14.1. The zero-order valence-electron chi connectivity index (χ0n) is 20.8. The van der Waals surface area contributed by atoms with Gasteiger partial charge in [-0.3, -0.25) is 13.3 Å². The Morgan fingerprint density at radius 1 is 1.23 bits per heavy atom. The minimum Gasteiger partial charge on any atom is -0.755 e. The van der Waals surface area contributed by atoms with Gasteiger partial charge in [0, 0.05) is 42.8 Å². The number of alkyl halides is 3. The van der Waals surface area contributed by atoms with Crippen molar-refractivity contribution < 1.29 is 45.9 Å². The second-order valence-corrected chi connectivity index (χ2v) is 11.3. The SMILES string of the molecule is O=C(CCc1ccccc1C1CC1(C(=O)O)N(c1ccc(-c2cc(C(F)(F)F)on2)s1)S(=O)[O-])N1CCOCC1. The third-order valence-electron chi connectivity index (χ3n) is 7.05. The molecule has 3 unspecified atom stereocenters. The van der Waals surface area contributed by atoms with E-state index in [1.807, 2.05) is 0 Å². The summed E-state index contributed by atoms with van der Waals surface area (Å²) in [5.41, 5.74) is -0.645. The standard InChI is InChI=1S/C25H24F3N3O7S2/c26-25(27,28)20-13-18(29-38-20)19-6-8-22(39-19)31(40(35)36)24(23(33)34)14-17(24)16-4-2-1-3-15(16)5-7-21(32)30-9-11-37-12-10-30/h1-4,6,8,13,17H,5,7,9-12,14H2,(H,33,34)(H,35,36)/p-1. The number of anilines is 1. The lowest BCUT2D eigenvalue weighted by Crippen LogP contribution is -2.46. The fourth-order valence-corrected chi connectivity index (χ4v) is 6.98. The Morgan fingerprint density at radius 3 is 2.60 bits per heavy atom. The highest BCUT2D eigenvalue weighted by Crippen LogP contribution is 2.59. The molecule has 0 radical (unpaired) electrons. The number of carbonyl (C=O) groups is 2. The van der Waals surface area contributed by atoms with Gasteiger partial charge < -0.3 is 23.8 Å². The van der Waals surface area contributed by atoms with E-state index in [0.717, 1.165) is 21.2 Å². The molecule has 0 bridgehead atoms. The normalized spacial score (nSPS) is 21.7. The van der Waals surface area contributed by atoms with Crippen LogP contribution in [0.2, 0.25) is 0 Å². The predicted molar refractivity (Wildman–Crippen MR) is 136 cm³/mol. The summed E-state index contributed by atoms with van der Waals surface area (Å²) in [6.07, 6.45) is -4.23. The first kappa shape index (κ1) is 28.3. The Labute approximate surface area is 232 Å². The lowest BCUT2D eigenvalue weighted by atomic mass is 9.96. The molecule has 3 aromatic rings. The van der Waals surface area contributed by atoms with Crippen molar-refractivity contribution in [3.63, 3.8) is 0 Å². The number of carbonyl (C=O) groups excluding carboxylic acids is 1. The molecule has 2 aromatic heterocycles. The molecule has 3 atom stereocenters. The molecule has 0 spiro atoms. The summed E-state index contributed by atoms with van der Waals surface area (Å²) in [5, 5.41) is 13.7. The van der Waals surface area contributed by atoms with Gasteiger partial charge in [0.15, 0.2) is 5.54 Å². The van der Waals surface area contributed by atoms with Gasteiger partial charge in [0.25, 0.3) is 0 Å². The van der Waals surface area contributed by atoms with Crippen molar-refractivity contribution in [1.29, 1.82) is 0 Å².